The number of carbonyl (C=O) groups is 1. The molecule has 0 atom stereocenters. The minimum absolute atomic E-state index is 0.163. The Morgan fingerprint density at radius 2 is 2.00 bits per heavy atom. The Labute approximate surface area is 85.1 Å². The zero-order valence-corrected chi connectivity index (χ0v) is 8.78. The van der Waals surface area contributed by atoms with Crippen LogP contribution in [0, 0.1) is 0 Å². The Bertz CT molecular complexity index is 189. The van der Waals surface area contributed by atoms with Gasteiger partial charge in [-0.1, -0.05) is 6.92 Å². The maximum absolute atomic E-state index is 10.6. The molecule has 0 aromatic rings. The number of aliphatic carboxylic acids is 1. The molecule has 0 spiro atoms. The van der Waals surface area contributed by atoms with Crippen LogP contribution in [-0.4, -0.2) is 41.1 Å². The van der Waals surface area contributed by atoms with Crippen molar-refractivity contribution in [1.29, 1.82) is 0 Å². The summed E-state index contributed by atoms with van der Waals surface area (Å²) in [5, 5.41) is 8.73. The van der Waals surface area contributed by atoms with Gasteiger partial charge in [-0.15, -0.1) is 0 Å². The van der Waals surface area contributed by atoms with Crippen LogP contribution in [0.3, 0.4) is 0 Å². The number of rotatable bonds is 4. The number of carboxylic acids is 1. The summed E-state index contributed by atoms with van der Waals surface area (Å²) in [6, 6.07) is 0.755. The molecule has 0 aromatic heterocycles. The number of nitrogens with two attached hydrogens (primary N) is 1. The fourth-order valence-electron chi connectivity index (χ4n) is 2.14. The SMILES string of the molecule is CCN(CC(=O)O)C1CCC(N)CC1. The number of likely N-dealkylation sites (N-methyl/N-ethyl adjacent to an activating group) is 1. The second-order valence-electron chi connectivity index (χ2n) is 4.03. The molecular formula is C10H20N2O2. The molecule has 1 aliphatic rings. The van der Waals surface area contributed by atoms with E-state index in [0.29, 0.717) is 12.1 Å². The highest BCUT2D eigenvalue weighted by Crippen LogP contribution is 2.21. The van der Waals surface area contributed by atoms with Crippen LogP contribution in [0.15, 0.2) is 0 Å². The zero-order chi connectivity index (χ0) is 10.6. The van der Waals surface area contributed by atoms with E-state index in [1.165, 1.54) is 0 Å². The molecule has 0 amide bonds. The average Bonchev–Trinajstić information content (AvgIpc) is 2.15. The standard InChI is InChI=1S/C10H20N2O2/c1-2-12(7-10(13)14)9-5-3-8(11)4-6-9/h8-9H,2-7,11H2,1H3,(H,13,14). The molecule has 0 saturated heterocycles. The first-order valence-electron chi connectivity index (χ1n) is 5.35. The third kappa shape index (κ3) is 3.27. The highest BCUT2D eigenvalue weighted by molar-refractivity contribution is 5.69. The van der Waals surface area contributed by atoms with Gasteiger partial charge in [0.2, 0.25) is 0 Å². The van der Waals surface area contributed by atoms with Crippen LogP contribution in [0.5, 0.6) is 0 Å². The summed E-state index contributed by atoms with van der Waals surface area (Å²) >= 11 is 0. The van der Waals surface area contributed by atoms with Gasteiger partial charge in [0.05, 0.1) is 6.54 Å². The molecule has 4 nitrogen and oxygen atoms in total. The fraction of sp³-hybridized carbons (Fsp3) is 0.900. The van der Waals surface area contributed by atoms with E-state index >= 15 is 0 Å². The molecule has 4 heteroatoms. The molecule has 0 unspecified atom stereocenters. The lowest BCUT2D eigenvalue weighted by atomic mass is 9.91. The summed E-state index contributed by atoms with van der Waals surface area (Å²) < 4.78 is 0. The van der Waals surface area contributed by atoms with Gasteiger partial charge in [0, 0.05) is 12.1 Å². The van der Waals surface area contributed by atoms with Gasteiger partial charge >= 0.3 is 5.97 Å². The highest BCUT2D eigenvalue weighted by atomic mass is 16.4. The number of hydrogen-bond acceptors (Lipinski definition) is 3. The van der Waals surface area contributed by atoms with Crippen molar-refractivity contribution in [2.45, 2.75) is 44.7 Å². The molecule has 1 fully saturated rings. The average molecular weight is 200 g/mol. The predicted octanol–water partition coefficient (Wildman–Crippen LogP) is 0.663. The lowest BCUT2D eigenvalue weighted by Gasteiger charge is -2.34. The van der Waals surface area contributed by atoms with Crippen LogP contribution in [0.25, 0.3) is 0 Å². The molecule has 14 heavy (non-hydrogen) atoms. The van der Waals surface area contributed by atoms with Crippen molar-refractivity contribution in [3.63, 3.8) is 0 Å². The van der Waals surface area contributed by atoms with Gasteiger partial charge < -0.3 is 10.8 Å². The highest BCUT2D eigenvalue weighted by Gasteiger charge is 2.24. The van der Waals surface area contributed by atoms with Crippen molar-refractivity contribution in [3.8, 4) is 0 Å². The summed E-state index contributed by atoms with van der Waals surface area (Å²) in [4.78, 5) is 12.6. The molecule has 0 heterocycles. The third-order valence-electron chi connectivity index (χ3n) is 3.00. The smallest absolute Gasteiger partial charge is 0.317 e. The van der Waals surface area contributed by atoms with Crippen LogP contribution in [-0.2, 0) is 4.79 Å². The first-order chi connectivity index (χ1) is 6.63. The van der Waals surface area contributed by atoms with Crippen molar-refractivity contribution >= 4 is 5.97 Å². The van der Waals surface area contributed by atoms with E-state index in [4.69, 9.17) is 10.8 Å². The van der Waals surface area contributed by atoms with E-state index in [2.05, 4.69) is 0 Å². The molecule has 0 radical (unpaired) electrons. The van der Waals surface area contributed by atoms with E-state index in [1.54, 1.807) is 0 Å². The minimum atomic E-state index is -0.735. The Morgan fingerprint density at radius 1 is 1.43 bits per heavy atom. The van der Waals surface area contributed by atoms with E-state index in [1.807, 2.05) is 11.8 Å². The Balaban J connectivity index is 2.40. The third-order valence-corrected chi connectivity index (χ3v) is 3.00. The molecule has 0 aromatic carbocycles. The van der Waals surface area contributed by atoms with Gasteiger partial charge in [0.15, 0.2) is 0 Å². The van der Waals surface area contributed by atoms with Gasteiger partial charge in [0.1, 0.15) is 0 Å². The van der Waals surface area contributed by atoms with E-state index in [9.17, 15) is 4.79 Å². The first-order valence-corrected chi connectivity index (χ1v) is 5.35. The summed E-state index contributed by atoms with van der Waals surface area (Å²) in [6.07, 6.45) is 4.14. The van der Waals surface area contributed by atoms with Gasteiger partial charge in [-0.3, -0.25) is 9.69 Å². The molecule has 0 aliphatic heterocycles. The van der Waals surface area contributed by atoms with Gasteiger partial charge in [-0.05, 0) is 32.2 Å². The second kappa shape index (κ2) is 5.32. The normalized spacial score (nSPS) is 27.9. The predicted molar refractivity (Wildman–Crippen MR) is 55.1 cm³/mol. The summed E-state index contributed by atoms with van der Waals surface area (Å²) in [5.74, 6) is -0.735. The maximum atomic E-state index is 10.6. The quantitative estimate of drug-likeness (QED) is 0.699. The van der Waals surface area contributed by atoms with Crippen LogP contribution in [0.4, 0.5) is 0 Å². The first kappa shape index (κ1) is 11.5. The van der Waals surface area contributed by atoms with Gasteiger partial charge in [-0.2, -0.15) is 0 Å². The fourth-order valence-corrected chi connectivity index (χ4v) is 2.14. The number of hydrogen-bond donors (Lipinski definition) is 2. The van der Waals surface area contributed by atoms with Crippen molar-refractivity contribution in [3.05, 3.63) is 0 Å². The molecule has 3 N–H and O–H groups in total. The molecule has 1 saturated carbocycles. The molecule has 82 valence electrons. The number of carboxylic acid groups (broad SMARTS) is 1. The van der Waals surface area contributed by atoms with E-state index in [-0.39, 0.29) is 6.54 Å². The summed E-state index contributed by atoms with van der Waals surface area (Å²) in [7, 11) is 0. The summed E-state index contributed by atoms with van der Waals surface area (Å²) in [5.41, 5.74) is 5.80. The minimum Gasteiger partial charge on any atom is -0.480 e. The molecular weight excluding hydrogens is 180 g/mol. The second-order valence-corrected chi connectivity index (χ2v) is 4.03. The van der Waals surface area contributed by atoms with Crippen LogP contribution in [0.2, 0.25) is 0 Å². The van der Waals surface area contributed by atoms with Crippen molar-refractivity contribution in [2.24, 2.45) is 5.73 Å². The lowest BCUT2D eigenvalue weighted by Crippen LogP contribution is -2.43. The van der Waals surface area contributed by atoms with Crippen molar-refractivity contribution in [2.75, 3.05) is 13.1 Å². The Kier molecular flexibility index (Phi) is 4.35. The molecule has 1 rings (SSSR count). The monoisotopic (exact) mass is 200 g/mol. The van der Waals surface area contributed by atoms with E-state index < -0.39 is 5.97 Å². The molecule has 1 aliphatic carbocycles. The van der Waals surface area contributed by atoms with Crippen molar-refractivity contribution < 1.29 is 9.90 Å². The van der Waals surface area contributed by atoms with E-state index in [0.717, 1.165) is 32.2 Å². The van der Waals surface area contributed by atoms with Crippen LogP contribution < -0.4 is 5.73 Å². The largest absolute Gasteiger partial charge is 0.480 e. The van der Waals surface area contributed by atoms with Crippen LogP contribution >= 0.6 is 0 Å². The zero-order valence-electron chi connectivity index (χ0n) is 8.78. The van der Waals surface area contributed by atoms with Crippen LogP contribution in [0.1, 0.15) is 32.6 Å². The molecule has 0 bridgehead atoms. The van der Waals surface area contributed by atoms with Gasteiger partial charge in [0.25, 0.3) is 0 Å². The van der Waals surface area contributed by atoms with Gasteiger partial charge in [-0.25, -0.2) is 0 Å². The maximum Gasteiger partial charge on any atom is 0.317 e. The Morgan fingerprint density at radius 3 is 2.43 bits per heavy atom. The number of nitrogens with zero attached hydrogens (tertiary/aromatic N) is 1. The summed E-state index contributed by atoms with van der Waals surface area (Å²) in [6.45, 7) is 2.99. The Hall–Kier alpha value is -0.610. The topological polar surface area (TPSA) is 66.6 Å². The lowest BCUT2D eigenvalue weighted by molar-refractivity contribution is -0.139. The van der Waals surface area contributed by atoms with Crippen molar-refractivity contribution in [1.82, 2.24) is 4.90 Å².